The van der Waals surface area contributed by atoms with E-state index in [0.717, 1.165) is 11.4 Å². The van der Waals surface area contributed by atoms with Crippen molar-refractivity contribution in [3.05, 3.63) is 17.5 Å². The minimum Gasteiger partial charge on any atom is -0.391 e. The van der Waals surface area contributed by atoms with Gasteiger partial charge in [-0.05, 0) is 25.3 Å². The SMILES string of the molecule is COCC(O)CCNc1nc(C)cc(C(C)C)n1. The zero-order valence-corrected chi connectivity index (χ0v) is 11.6. The van der Waals surface area contributed by atoms with Gasteiger partial charge in [-0.15, -0.1) is 0 Å². The van der Waals surface area contributed by atoms with E-state index in [1.54, 1.807) is 7.11 Å². The summed E-state index contributed by atoms with van der Waals surface area (Å²) in [6.45, 7) is 7.15. The lowest BCUT2D eigenvalue weighted by molar-refractivity contribution is 0.0615. The highest BCUT2D eigenvalue weighted by Gasteiger charge is 2.07. The molecule has 0 radical (unpaired) electrons. The van der Waals surface area contributed by atoms with Gasteiger partial charge in [0, 0.05) is 25.0 Å². The normalized spacial score (nSPS) is 12.8. The molecule has 0 spiro atoms. The largest absolute Gasteiger partial charge is 0.391 e. The van der Waals surface area contributed by atoms with Gasteiger partial charge in [-0.25, -0.2) is 9.97 Å². The Morgan fingerprint density at radius 2 is 2.11 bits per heavy atom. The molecule has 1 aromatic rings. The number of methoxy groups -OCH3 is 1. The molecule has 0 aliphatic rings. The van der Waals surface area contributed by atoms with Crippen LogP contribution in [0.15, 0.2) is 6.07 Å². The van der Waals surface area contributed by atoms with E-state index in [1.165, 1.54) is 0 Å². The zero-order chi connectivity index (χ0) is 13.5. The van der Waals surface area contributed by atoms with Crippen molar-refractivity contribution in [3.63, 3.8) is 0 Å². The molecule has 1 heterocycles. The number of rotatable bonds is 7. The fourth-order valence-corrected chi connectivity index (χ4v) is 1.59. The van der Waals surface area contributed by atoms with Crippen LogP contribution < -0.4 is 5.32 Å². The number of nitrogens with one attached hydrogen (secondary N) is 1. The smallest absolute Gasteiger partial charge is 0.223 e. The second-order valence-corrected chi connectivity index (χ2v) is 4.74. The van der Waals surface area contributed by atoms with Crippen LogP contribution in [0.4, 0.5) is 5.95 Å². The molecule has 0 saturated carbocycles. The van der Waals surface area contributed by atoms with E-state index in [9.17, 15) is 5.11 Å². The molecule has 18 heavy (non-hydrogen) atoms. The lowest BCUT2D eigenvalue weighted by atomic mass is 10.1. The average Bonchev–Trinajstić information content (AvgIpc) is 2.28. The Kier molecular flexibility index (Phi) is 6.01. The molecule has 0 bridgehead atoms. The summed E-state index contributed by atoms with van der Waals surface area (Å²) in [6, 6.07) is 2.00. The molecular weight excluding hydrogens is 230 g/mol. The van der Waals surface area contributed by atoms with Crippen molar-refractivity contribution in [2.24, 2.45) is 0 Å². The molecule has 1 aromatic heterocycles. The first-order valence-corrected chi connectivity index (χ1v) is 6.29. The number of nitrogens with zero attached hydrogens (tertiary/aromatic N) is 2. The van der Waals surface area contributed by atoms with Crippen molar-refractivity contribution in [2.45, 2.75) is 39.2 Å². The van der Waals surface area contributed by atoms with Crippen LogP contribution >= 0.6 is 0 Å². The van der Waals surface area contributed by atoms with Crippen molar-refractivity contribution in [1.29, 1.82) is 0 Å². The Morgan fingerprint density at radius 3 is 2.72 bits per heavy atom. The summed E-state index contributed by atoms with van der Waals surface area (Å²) in [7, 11) is 1.58. The standard InChI is InChI=1S/C13H23N3O2/c1-9(2)12-7-10(3)15-13(16-12)14-6-5-11(17)8-18-4/h7,9,11,17H,5-6,8H2,1-4H3,(H,14,15,16). The molecule has 0 saturated heterocycles. The van der Waals surface area contributed by atoms with Gasteiger partial charge < -0.3 is 15.2 Å². The number of hydrogen-bond acceptors (Lipinski definition) is 5. The Bertz CT molecular complexity index is 369. The summed E-state index contributed by atoms with van der Waals surface area (Å²) < 4.78 is 4.87. The third-order valence-corrected chi connectivity index (χ3v) is 2.59. The lowest BCUT2D eigenvalue weighted by Crippen LogP contribution is -2.19. The maximum absolute atomic E-state index is 9.52. The first-order valence-electron chi connectivity index (χ1n) is 6.29. The Morgan fingerprint density at radius 1 is 1.39 bits per heavy atom. The quantitative estimate of drug-likeness (QED) is 0.774. The van der Waals surface area contributed by atoms with Gasteiger partial charge in [0.2, 0.25) is 5.95 Å². The molecule has 5 nitrogen and oxygen atoms in total. The van der Waals surface area contributed by atoms with Crippen LogP contribution in [-0.2, 0) is 4.74 Å². The molecule has 5 heteroatoms. The highest BCUT2D eigenvalue weighted by Crippen LogP contribution is 2.14. The highest BCUT2D eigenvalue weighted by molar-refractivity contribution is 5.28. The van der Waals surface area contributed by atoms with Crippen molar-refractivity contribution >= 4 is 5.95 Å². The minimum atomic E-state index is -0.447. The van der Waals surface area contributed by atoms with Gasteiger partial charge in [0.1, 0.15) is 0 Å². The van der Waals surface area contributed by atoms with Gasteiger partial charge in [-0.3, -0.25) is 0 Å². The first kappa shape index (κ1) is 14.9. The number of aryl methyl sites for hydroxylation is 1. The van der Waals surface area contributed by atoms with Crippen LogP contribution in [0.5, 0.6) is 0 Å². The van der Waals surface area contributed by atoms with E-state index in [-0.39, 0.29) is 0 Å². The highest BCUT2D eigenvalue weighted by atomic mass is 16.5. The second-order valence-electron chi connectivity index (χ2n) is 4.74. The maximum Gasteiger partial charge on any atom is 0.223 e. The fraction of sp³-hybridized carbons (Fsp3) is 0.692. The lowest BCUT2D eigenvalue weighted by Gasteiger charge is -2.12. The molecule has 0 fully saturated rings. The van der Waals surface area contributed by atoms with E-state index < -0.39 is 6.10 Å². The van der Waals surface area contributed by atoms with E-state index in [0.29, 0.717) is 31.4 Å². The van der Waals surface area contributed by atoms with Crippen molar-refractivity contribution in [2.75, 3.05) is 25.6 Å². The minimum absolute atomic E-state index is 0.355. The third kappa shape index (κ3) is 4.98. The topological polar surface area (TPSA) is 67.3 Å². The molecule has 0 aliphatic heterocycles. The van der Waals surface area contributed by atoms with Crippen LogP contribution in [0.1, 0.15) is 37.6 Å². The van der Waals surface area contributed by atoms with Crippen molar-refractivity contribution in [1.82, 2.24) is 9.97 Å². The van der Waals surface area contributed by atoms with E-state index >= 15 is 0 Å². The molecule has 0 aromatic carbocycles. The number of ether oxygens (including phenoxy) is 1. The predicted octanol–water partition coefficient (Wildman–Crippen LogP) is 1.72. The Balaban J connectivity index is 2.51. The van der Waals surface area contributed by atoms with Crippen LogP contribution in [0.3, 0.4) is 0 Å². The summed E-state index contributed by atoms with van der Waals surface area (Å²) in [5, 5.41) is 12.7. The number of aromatic nitrogens is 2. The summed E-state index contributed by atoms with van der Waals surface area (Å²) in [4.78, 5) is 8.76. The van der Waals surface area contributed by atoms with Gasteiger partial charge in [-0.2, -0.15) is 0 Å². The summed E-state index contributed by atoms with van der Waals surface area (Å²) in [6.07, 6.45) is 0.166. The third-order valence-electron chi connectivity index (χ3n) is 2.59. The average molecular weight is 253 g/mol. The number of hydrogen-bond donors (Lipinski definition) is 2. The Labute approximate surface area is 109 Å². The van der Waals surface area contributed by atoms with Crippen molar-refractivity contribution < 1.29 is 9.84 Å². The van der Waals surface area contributed by atoms with Gasteiger partial charge >= 0.3 is 0 Å². The van der Waals surface area contributed by atoms with Crippen molar-refractivity contribution in [3.8, 4) is 0 Å². The fourth-order valence-electron chi connectivity index (χ4n) is 1.59. The Hall–Kier alpha value is -1.20. The molecular formula is C13H23N3O2. The summed E-state index contributed by atoms with van der Waals surface area (Å²) in [5.74, 6) is 1.01. The molecule has 0 amide bonds. The van der Waals surface area contributed by atoms with E-state index in [4.69, 9.17) is 4.74 Å². The molecule has 102 valence electrons. The van der Waals surface area contributed by atoms with Gasteiger partial charge in [-0.1, -0.05) is 13.8 Å². The van der Waals surface area contributed by atoms with Gasteiger partial charge in [0.05, 0.1) is 12.7 Å². The number of aliphatic hydroxyl groups excluding tert-OH is 1. The zero-order valence-electron chi connectivity index (χ0n) is 11.6. The van der Waals surface area contributed by atoms with Crippen LogP contribution in [-0.4, -0.2) is 41.4 Å². The second kappa shape index (κ2) is 7.28. The number of aliphatic hydroxyl groups is 1. The number of anilines is 1. The molecule has 1 atom stereocenters. The summed E-state index contributed by atoms with van der Waals surface area (Å²) >= 11 is 0. The van der Waals surface area contributed by atoms with Gasteiger partial charge in [0.15, 0.2) is 0 Å². The predicted molar refractivity (Wildman–Crippen MR) is 71.8 cm³/mol. The van der Waals surface area contributed by atoms with E-state index in [1.807, 2.05) is 13.0 Å². The maximum atomic E-state index is 9.52. The van der Waals surface area contributed by atoms with E-state index in [2.05, 4.69) is 29.1 Å². The van der Waals surface area contributed by atoms with Gasteiger partial charge in [0.25, 0.3) is 0 Å². The van der Waals surface area contributed by atoms with Crippen LogP contribution in [0.2, 0.25) is 0 Å². The molecule has 1 rings (SSSR count). The first-order chi connectivity index (χ1) is 8.52. The van der Waals surface area contributed by atoms with Crippen LogP contribution in [0, 0.1) is 6.92 Å². The molecule has 0 aliphatic carbocycles. The summed E-state index contributed by atoms with van der Waals surface area (Å²) in [5.41, 5.74) is 1.98. The molecule has 1 unspecified atom stereocenters. The van der Waals surface area contributed by atoms with Crippen LogP contribution in [0.25, 0.3) is 0 Å². The monoisotopic (exact) mass is 253 g/mol. The molecule has 2 N–H and O–H groups in total.